The molecule has 2 atom stereocenters. The van der Waals surface area contributed by atoms with E-state index in [4.69, 9.17) is 14.2 Å². The zero-order valence-electron chi connectivity index (χ0n) is 20.6. The minimum Gasteiger partial charge on any atom is -0.442 e. The molecule has 3 rings (SSSR count). The van der Waals surface area contributed by atoms with Crippen molar-refractivity contribution in [3.05, 3.63) is 58.7 Å². The zero-order valence-corrected chi connectivity index (χ0v) is 20.6. The number of amides is 1. The molecule has 0 fully saturated rings. The van der Waals surface area contributed by atoms with Crippen molar-refractivity contribution in [2.45, 2.75) is 76.4 Å². The molecule has 1 aromatic carbocycles. The van der Waals surface area contributed by atoms with Gasteiger partial charge in [-0.25, -0.2) is 9.59 Å². The molecular weight excluding hydrogens is 452 g/mol. The van der Waals surface area contributed by atoms with Crippen molar-refractivity contribution in [1.29, 1.82) is 0 Å². The Bertz CT molecular complexity index is 865. The van der Waals surface area contributed by atoms with Gasteiger partial charge in [-0.15, -0.1) is 0 Å². The molecule has 0 heterocycles. The Labute approximate surface area is 206 Å². The Morgan fingerprint density at radius 1 is 0.857 bits per heavy atom. The van der Waals surface area contributed by atoms with Crippen LogP contribution in [0.4, 0.5) is 15.3 Å². The fourth-order valence-corrected chi connectivity index (χ4v) is 3.57. The second-order valence-corrected chi connectivity index (χ2v) is 8.71. The van der Waals surface area contributed by atoms with Crippen molar-refractivity contribution in [2.24, 2.45) is 0 Å². The van der Waals surface area contributed by atoms with E-state index in [1.807, 2.05) is 18.2 Å². The summed E-state index contributed by atoms with van der Waals surface area (Å²) in [5.74, 6) is 0.223. The van der Waals surface area contributed by atoms with Crippen molar-refractivity contribution in [2.75, 3.05) is 14.1 Å². The number of hydrogen-bond donors (Lipinski definition) is 0. The number of allylic oxidation sites excluding steroid dienone is 2. The van der Waals surface area contributed by atoms with Crippen LogP contribution in [-0.2, 0) is 9.47 Å². The largest absolute Gasteiger partial charge is 0.514 e. The molecule has 0 aliphatic heterocycles. The van der Waals surface area contributed by atoms with E-state index in [2.05, 4.69) is 6.08 Å². The van der Waals surface area contributed by atoms with E-state index in [-0.39, 0.29) is 29.7 Å². The van der Waals surface area contributed by atoms with E-state index in [0.29, 0.717) is 0 Å². The number of hydrogen-bond acceptors (Lipinski definition) is 7. The lowest BCUT2D eigenvalue weighted by molar-refractivity contribution is -0.384. The maximum atomic E-state index is 11.7. The molecule has 9 nitrogen and oxygen atoms in total. The SMILES string of the molecule is CN(C)C(=O)OC1/C=C/CCCCC1.O=C(Oc1ccc([N+](=O)[O-])cc1)OC1/C=C/CCCCC1. The van der Waals surface area contributed by atoms with Crippen LogP contribution in [0.1, 0.15) is 64.2 Å². The number of ether oxygens (including phenoxy) is 3. The Morgan fingerprint density at radius 3 is 1.91 bits per heavy atom. The van der Waals surface area contributed by atoms with E-state index in [1.165, 1.54) is 42.0 Å². The molecule has 2 unspecified atom stereocenters. The summed E-state index contributed by atoms with van der Waals surface area (Å²) in [5.41, 5.74) is -0.0568. The second-order valence-electron chi connectivity index (χ2n) is 8.71. The number of non-ortho nitro benzene ring substituents is 1. The molecule has 0 saturated heterocycles. The Kier molecular flexibility index (Phi) is 12.4. The summed E-state index contributed by atoms with van der Waals surface area (Å²) in [6, 6.07) is 5.29. The first-order valence-electron chi connectivity index (χ1n) is 12.2. The van der Waals surface area contributed by atoms with Crippen molar-refractivity contribution in [3.8, 4) is 5.75 Å². The second kappa shape index (κ2) is 15.5. The maximum Gasteiger partial charge on any atom is 0.514 e. The van der Waals surface area contributed by atoms with E-state index in [0.717, 1.165) is 51.4 Å². The standard InChI is InChI=1S/C15H17NO5.C11H19NO2/c17-15(20-13-6-4-2-1-3-5-7-13)21-14-10-8-12(9-11-14)16(18)19;1-12(2)11(13)14-10-8-6-4-3-5-7-9-10/h4,6,8-11,13H,1-3,5,7H2;6,8,10H,3-5,7,9H2,1-2H3/b6-4+;8-6+. The lowest BCUT2D eigenvalue weighted by atomic mass is 10.0. The number of nitro benzene ring substituents is 1. The normalized spacial score (nSPS) is 21.8. The van der Waals surface area contributed by atoms with Crippen LogP contribution in [0.5, 0.6) is 5.75 Å². The highest BCUT2D eigenvalue weighted by molar-refractivity contribution is 5.67. The van der Waals surface area contributed by atoms with Gasteiger partial charge in [-0.3, -0.25) is 10.1 Å². The summed E-state index contributed by atoms with van der Waals surface area (Å²) in [7, 11) is 3.41. The number of nitrogens with zero attached hydrogens (tertiary/aromatic N) is 2. The molecule has 9 heteroatoms. The predicted molar refractivity (Wildman–Crippen MR) is 132 cm³/mol. The molecule has 0 saturated carbocycles. The molecule has 0 radical (unpaired) electrons. The zero-order chi connectivity index (χ0) is 25.5. The lowest BCUT2D eigenvalue weighted by Gasteiger charge is -2.18. The van der Waals surface area contributed by atoms with Gasteiger partial charge in [0.05, 0.1) is 4.92 Å². The van der Waals surface area contributed by atoms with Gasteiger partial charge in [-0.2, -0.15) is 0 Å². The van der Waals surface area contributed by atoms with Crippen LogP contribution in [0, 0.1) is 10.1 Å². The summed E-state index contributed by atoms with van der Waals surface area (Å²) in [5, 5.41) is 10.5. The maximum absolute atomic E-state index is 11.7. The lowest BCUT2D eigenvalue weighted by Crippen LogP contribution is -2.27. The highest BCUT2D eigenvalue weighted by Crippen LogP contribution is 2.19. The number of nitro groups is 1. The van der Waals surface area contributed by atoms with Gasteiger partial charge in [0.25, 0.3) is 5.69 Å². The number of carbonyl (C=O) groups excluding carboxylic acids is 2. The van der Waals surface area contributed by atoms with Gasteiger partial charge in [0.1, 0.15) is 18.0 Å². The van der Waals surface area contributed by atoms with E-state index in [9.17, 15) is 19.7 Å². The first-order valence-corrected chi connectivity index (χ1v) is 12.2. The van der Waals surface area contributed by atoms with Crippen LogP contribution in [0.25, 0.3) is 0 Å². The minimum absolute atomic E-state index is 0.0230. The quantitative estimate of drug-likeness (QED) is 0.155. The van der Waals surface area contributed by atoms with E-state index >= 15 is 0 Å². The third kappa shape index (κ3) is 11.6. The minimum atomic E-state index is -0.793. The fraction of sp³-hybridized carbons (Fsp3) is 0.538. The topological polar surface area (TPSA) is 108 Å². The molecular formula is C26H36N2O7. The average Bonchev–Trinajstić information content (AvgIpc) is 2.78. The molecule has 35 heavy (non-hydrogen) atoms. The molecule has 0 spiro atoms. The van der Waals surface area contributed by atoms with Crippen LogP contribution in [0.2, 0.25) is 0 Å². The van der Waals surface area contributed by atoms with Gasteiger partial charge in [0.2, 0.25) is 0 Å². The van der Waals surface area contributed by atoms with Gasteiger partial charge in [-0.05, 0) is 75.7 Å². The van der Waals surface area contributed by atoms with E-state index < -0.39 is 11.1 Å². The molecule has 1 amide bonds. The molecule has 2 aliphatic carbocycles. The van der Waals surface area contributed by atoms with Crippen LogP contribution < -0.4 is 4.74 Å². The first kappa shape index (κ1) is 27.9. The third-order valence-corrected chi connectivity index (χ3v) is 5.53. The van der Waals surface area contributed by atoms with E-state index in [1.54, 1.807) is 14.1 Å². The van der Waals surface area contributed by atoms with Crippen molar-refractivity contribution in [3.63, 3.8) is 0 Å². The van der Waals surface area contributed by atoms with Crippen LogP contribution in [0.15, 0.2) is 48.6 Å². The van der Waals surface area contributed by atoms with Crippen LogP contribution in [0.3, 0.4) is 0 Å². The Hall–Kier alpha value is -3.36. The van der Waals surface area contributed by atoms with Crippen LogP contribution in [-0.4, -0.2) is 48.4 Å². The van der Waals surface area contributed by atoms with Gasteiger partial charge in [-0.1, -0.05) is 25.0 Å². The van der Waals surface area contributed by atoms with Crippen molar-refractivity contribution < 1.29 is 28.7 Å². The van der Waals surface area contributed by atoms with Gasteiger partial charge in [0.15, 0.2) is 0 Å². The van der Waals surface area contributed by atoms with Gasteiger partial charge < -0.3 is 19.1 Å². The summed E-state index contributed by atoms with van der Waals surface area (Å²) >= 11 is 0. The molecule has 192 valence electrons. The highest BCUT2D eigenvalue weighted by atomic mass is 16.7. The fourth-order valence-electron chi connectivity index (χ4n) is 3.57. The number of carbonyl (C=O) groups is 2. The third-order valence-electron chi connectivity index (χ3n) is 5.53. The average molecular weight is 489 g/mol. The molecule has 0 N–H and O–H groups in total. The number of rotatable bonds is 4. The monoisotopic (exact) mass is 488 g/mol. The summed E-state index contributed by atoms with van der Waals surface area (Å²) in [6.45, 7) is 0. The molecule has 0 aromatic heterocycles. The molecule has 2 aliphatic rings. The van der Waals surface area contributed by atoms with Gasteiger partial charge in [0, 0.05) is 26.2 Å². The highest BCUT2D eigenvalue weighted by Gasteiger charge is 2.16. The molecule has 1 aromatic rings. The van der Waals surface area contributed by atoms with Crippen molar-refractivity contribution in [1.82, 2.24) is 4.90 Å². The first-order chi connectivity index (χ1) is 16.8. The predicted octanol–water partition coefficient (Wildman–Crippen LogP) is 6.57. The Morgan fingerprint density at radius 2 is 1.40 bits per heavy atom. The number of benzene rings is 1. The summed E-state index contributed by atoms with van der Waals surface area (Å²) < 4.78 is 15.5. The van der Waals surface area contributed by atoms with Crippen LogP contribution >= 0.6 is 0 Å². The summed E-state index contributed by atoms with van der Waals surface area (Å²) in [6.07, 6.45) is 17.5. The van der Waals surface area contributed by atoms with Gasteiger partial charge >= 0.3 is 12.2 Å². The smallest absolute Gasteiger partial charge is 0.442 e. The summed E-state index contributed by atoms with van der Waals surface area (Å²) in [4.78, 5) is 34.4. The Balaban J connectivity index is 0.000000269. The van der Waals surface area contributed by atoms with Crippen molar-refractivity contribution >= 4 is 17.9 Å². The molecule has 0 bridgehead atoms.